The molecule has 152 valence electrons. The Morgan fingerprint density at radius 2 is 1.93 bits per heavy atom. The van der Waals surface area contributed by atoms with Crippen molar-refractivity contribution in [3.8, 4) is 5.75 Å². The van der Waals surface area contributed by atoms with Crippen LogP contribution in [0.4, 0.5) is 0 Å². The van der Waals surface area contributed by atoms with E-state index in [1.54, 1.807) is 7.11 Å². The van der Waals surface area contributed by atoms with Crippen LogP contribution in [0.25, 0.3) is 0 Å². The van der Waals surface area contributed by atoms with Crippen LogP contribution in [0.1, 0.15) is 57.9 Å². The number of carbonyl (C=O) groups excluding carboxylic acids is 1. The van der Waals surface area contributed by atoms with Gasteiger partial charge in [-0.2, -0.15) is 0 Å². The largest absolute Gasteiger partial charge is 0.496 e. The molecule has 1 aromatic carbocycles. The molecular weight excluding hydrogens is 340 g/mol. The number of para-hydroxylation sites is 1. The highest BCUT2D eigenvalue weighted by atomic mass is 16.5. The van der Waals surface area contributed by atoms with Crippen LogP contribution in [0.2, 0.25) is 0 Å². The summed E-state index contributed by atoms with van der Waals surface area (Å²) < 4.78 is 11.3. The quantitative estimate of drug-likeness (QED) is 0.656. The lowest BCUT2D eigenvalue weighted by Crippen LogP contribution is -2.50. The Labute approximate surface area is 164 Å². The molecule has 0 saturated heterocycles. The van der Waals surface area contributed by atoms with Crippen LogP contribution in [0.15, 0.2) is 24.3 Å². The van der Waals surface area contributed by atoms with E-state index in [-0.39, 0.29) is 18.1 Å². The first kappa shape index (κ1) is 21.7. The molecule has 0 bridgehead atoms. The molecule has 27 heavy (non-hydrogen) atoms. The Morgan fingerprint density at radius 1 is 1.22 bits per heavy atom. The molecular formula is C22H36N2O3. The van der Waals surface area contributed by atoms with Crippen LogP contribution in [0, 0.1) is 5.92 Å². The van der Waals surface area contributed by atoms with Gasteiger partial charge in [0.05, 0.1) is 13.2 Å². The molecule has 5 heteroatoms. The minimum Gasteiger partial charge on any atom is -0.496 e. The van der Waals surface area contributed by atoms with Crippen molar-refractivity contribution < 1.29 is 14.3 Å². The first-order chi connectivity index (χ1) is 13.0. The van der Waals surface area contributed by atoms with E-state index in [9.17, 15) is 4.79 Å². The Bertz CT molecular complexity index is 570. The van der Waals surface area contributed by atoms with Crippen molar-refractivity contribution in [2.45, 2.75) is 77.0 Å². The molecule has 0 radical (unpaired) electrons. The van der Waals surface area contributed by atoms with Crippen molar-refractivity contribution in [1.29, 1.82) is 0 Å². The molecule has 1 unspecified atom stereocenters. The average molecular weight is 377 g/mol. The molecule has 3 N–H and O–H groups in total. The highest BCUT2D eigenvalue weighted by Gasteiger charge is 2.29. The van der Waals surface area contributed by atoms with E-state index >= 15 is 0 Å². The van der Waals surface area contributed by atoms with Crippen molar-refractivity contribution in [2.24, 2.45) is 11.7 Å². The molecule has 1 fully saturated rings. The Balaban J connectivity index is 1.89. The van der Waals surface area contributed by atoms with Crippen molar-refractivity contribution >= 4 is 5.91 Å². The van der Waals surface area contributed by atoms with Gasteiger partial charge in [0.25, 0.3) is 5.91 Å². The number of ether oxygens (including phenoxy) is 2. The molecule has 0 heterocycles. The van der Waals surface area contributed by atoms with Gasteiger partial charge in [0.2, 0.25) is 0 Å². The van der Waals surface area contributed by atoms with E-state index in [1.807, 2.05) is 38.1 Å². The summed E-state index contributed by atoms with van der Waals surface area (Å²) in [5, 5.41) is 3.01. The molecule has 1 saturated carbocycles. The van der Waals surface area contributed by atoms with Gasteiger partial charge in [0, 0.05) is 12.6 Å². The Morgan fingerprint density at radius 3 is 2.59 bits per heavy atom. The SMILES string of the molecule is COc1ccccc1CCNC(=O)C(OC(C)C)[C@H](N)CC1CCCCC1. The number of benzene rings is 1. The van der Waals surface area contributed by atoms with Gasteiger partial charge in [-0.3, -0.25) is 4.79 Å². The summed E-state index contributed by atoms with van der Waals surface area (Å²) in [7, 11) is 1.66. The summed E-state index contributed by atoms with van der Waals surface area (Å²) in [4.78, 5) is 12.8. The lowest BCUT2D eigenvalue weighted by Gasteiger charge is -2.30. The van der Waals surface area contributed by atoms with E-state index in [2.05, 4.69) is 5.32 Å². The summed E-state index contributed by atoms with van der Waals surface area (Å²) >= 11 is 0. The van der Waals surface area contributed by atoms with Crippen LogP contribution >= 0.6 is 0 Å². The zero-order chi connectivity index (χ0) is 19.6. The summed E-state index contributed by atoms with van der Waals surface area (Å²) in [5.74, 6) is 1.35. The summed E-state index contributed by atoms with van der Waals surface area (Å²) in [6.45, 7) is 4.43. The predicted molar refractivity (Wildman–Crippen MR) is 109 cm³/mol. The molecule has 5 nitrogen and oxygen atoms in total. The third-order valence-corrected chi connectivity index (χ3v) is 5.28. The lowest BCUT2D eigenvalue weighted by molar-refractivity contribution is -0.137. The summed E-state index contributed by atoms with van der Waals surface area (Å²) in [5.41, 5.74) is 7.50. The number of carbonyl (C=O) groups is 1. The second kappa shape index (κ2) is 11.3. The van der Waals surface area contributed by atoms with Gasteiger partial charge in [-0.15, -0.1) is 0 Å². The van der Waals surface area contributed by atoms with E-state index in [0.29, 0.717) is 18.9 Å². The van der Waals surface area contributed by atoms with E-state index < -0.39 is 6.10 Å². The van der Waals surface area contributed by atoms with Gasteiger partial charge in [0.15, 0.2) is 6.10 Å². The Kier molecular flexibility index (Phi) is 9.08. The second-order valence-corrected chi connectivity index (χ2v) is 7.86. The van der Waals surface area contributed by atoms with E-state index in [0.717, 1.165) is 17.7 Å². The number of nitrogens with one attached hydrogen (secondary N) is 1. The van der Waals surface area contributed by atoms with Crippen LogP contribution in [-0.4, -0.2) is 37.8 Å². The molecule has 0 aromatic heterocycles. The van der Waals surface area contributed by atoms with Gasteiger partial charge in [-0.25, -0.2) is 0 Å². The molecule has 0 spiro atoms. The lowest BCUT2D eigenvalue weighted by atomic mass is 9.84. The van der Waals surface area contributed by atoms with E-state index in [4.69, 9.17) is 15.2 Å². The summed E-state index contributed by atoms with van der Waals surface area (Å²) in [6, 6.07) is 7.60. The number of hydrogen-bond acceptors (Lipinski definition) is 4. The van der Waals surface area contributed by atoms with Gasteiger partial charge in [-0.05, 0) is 44.2 Å². The maximum Gasteiger partial charge on any atom is 0.250 e. The smallest absolute Gasteiger partial charge is 0.250 e. The van der Waals surface area contributed by atoms with Gasteiger partial charge < -0.3 is 20.5 Å². The molecule has 1 aliphatic carbocycles. The second-order valence-electron chi connectivity index (χ2n) is 7.86. The monoisotopic (exact) mass is 376 g/mol. The molecule has 1 aliphatic rings. The zero-order valence-corrected chi connectivity index (χ0v) is 17.1. The number of rotatable bonds is 10. The van der Waals surface area contributed by atoms with E-state index in [1.165, 1.54) is 32.1 Å². The van der Waals surface area contributed by atoms with Crippen LogP contribution in [0.3, 0.4) is 0 Å². The van der Waals surface area contributed by atoms with Crippen molar-refractivity contribution in [1.82, 2.24) is 5.32 Å². The maximum atomic E-state index is 12.8. The molecule has 0 aliphatic heterocycles. The van der Waals surface area contributed by atoms with Gasteiger partial charge in [0.1, 0.15) is 5.75 Å². The number of nitrogens with two attached hydrogens (primary N) is 1. The van der Waals surface area contributed by atoms with Gasteiger partial charge in [-0.1, -0.05) is 50.3 Å². The third-order valence-electron chi connectivity index (χ3n) is 5.28. The fourth-order valence-electron chi connectivity index (χ4n) is 3.91. The highest BCUT2D eigenvalue weighted by Crippen LogP contribution is 2.28. The number of methoxy groups -OCH3 is 1. The minimum absolute atomic E-state index is 0.0348. The highest BCUT2D eigenvalue weighted by molar-refractivity contribution is 5.81. The maximum absolute atomic E-state index is 12.8. The zero-order valence-electron chi connectivity index (χ0n) is 17.1. The first-order valence-electron chi connectivity index (χ1n) is 10.3. The number of hydrogen-bond donors (Lipinski definition) is 2. The van der Waals surface area contributed by atoms with Crippen LogP contribution in [0.5, 0.6) is 5.75 Å². The summed E-state index contributed by atoms with van der Waals surface area (Å²) in [6.07, 6.45) is 7.25. The molecule has 1 aromatic rings. The van der Waals surface area contributed by atoms with Gasteiger partial charge >= 0.3 is 0 Å². The van der Waals surface area contributed by atoms with Crippen LogP contribution in [-0.2, 0) is 16.0 Å². The van der Waals surface area contributed by atoms with Crippen molar-refractivity contribution in [3.63, 3.8) is 0 Å². The predicted octanol–water partition coefficient (Wildman–Crippen LogP) is 3.45. The molecule has 1 amide bonds. The fourth-order valence-corrected chi connectivity index (χ4v) is 3.91. The standard InChI is InChI=1S/C22H36N2O3/c1-16(2)27-21(19(23)15-17-9-5-4-6-10-17)22(25)24-14-13-18-11-7-8-12-20(18)26-3/h7-8,11-12,16-17,19,21H,4-6,9-10,13-15,23H2,1-3H3,(H,24,25)/t19-,21?/m1/s1. The molecule has 2 rings (SSSR count). The van der Waals surface area contributed by atoms with Crippen molar-refractivity contribution in [3.05, 3.63) is 29.8 Å². The normalized spacial score (nSPS) is 17.5. The molecule has 2 atom stereocenters. The number of amides is 1. The fraction of sp³-hybridized carbons (Fsp3) is 0.682. The first-order valence-corrected chi connectivity index (χ1v) is 10.3. The topological polar surface area (TPSA) is 73.6 Å². The third kappa shape index (κ3) is 7.15. The Hall–Kier alpha value is -1.59. The average Bonchev–Trinajstić information content (AvgIpc) is 2.67. The van der Waals surface area contributed by atoms with Crippen LogP contribution < -0.4 is 15.8 Å². The van der Waals surface area contributed by atoms with Crippen molar-refractivity contribution in [2.75, 3.05) is 13.7 Å². The minimum atomic E-state index is -0.593.